The first-order valence-electron chi connectivity index (χ1n) is 8.64. The molecule has 2 aromatic carbocycles. The smallest absolute Gasteiger partial charge is 0.223 e. The fourth-order valence-corrected chi connectivity index (χ4v) is 3.84. The molecule has 0 fully saturated rings. The van der Waals surface area contributed by atoms with Crippen LogP contribution in [0.5, 0.6) is 11.5 Å². The van der Waals surface area contributed by atoms with Crippen LogP contribution >= 0.6 is 0 Å². The molecule has 1 atom stereocenters. The predicted molar refractivity (Wildman–Crippen MR) is 104 cm³/mol. The molecule has 27 heavy (non-hydrogen) atoms. The van der Waals surface area contributed by atoms with E-state index in [0.717, 1.165) is 5.56 Å². The Morgan fingerprint density at radius 1 is 1.04 bits per heavy atom. The van der Waals surface area contributed by atoms with Crippen molar-refractivity contribution < 1.29 is 22.7 Å². The molecular formula is C20H25NO5S. The number of amides is 1. The van der Waals surface area contributed by atoms with Gasteiger partial charge >= 0.3 is 0 Å². The second-order valence-electron chi connectivity index (χ2n) is 6.22. The van der Waals surface area contributed by atoms with Crippen molar-refractivity contribution in [1.29, 1.82) is 0 Å². The molecule has 7 heteroatoms. The van der Waals surface area contributed by atoms with Gasteiger partial charge < -0.3 is 14.8 Å². The highest BCUT2D eigenvalue weighted by atomic mass is 32.2. The molecule has 0 saturated heterocycles. The lowest BCUT2D eigenvalue weighted by Crippen LogP contribution is -2.34. The van der Waals surface area contributed by atoms with Gasteiger partial charge in [-0.1, -0.05) is 37.3 Å². The third kappa shape index (κ3) is 5.72. The molecule has 0 aliphatic rings. The summed E-state index contributed by atoms with van der Waals surface area (Å²) in [5.41, 5.74) is 1.07. The van der Waals surface area contributed by atoms with Gasteiger partial charge in [0, 0.05) is 18.5 Å². The lowest BCUT2D eigenvalue weighted by Gasteiger charge is -2.13. The minimum atomic E-state index is -3.55. The monoisotopic (exact) mass is 391 g/mol. The molecule has 2 rings (SSSR count). The first-order valence-corrected chi connectivity index (χ1v) is 10.3. The Labute approximate surface area is 160 Å². The summed E-state index contributed by atoms with van der Waals surface area (Å²) in [6.45, 7) is 1.87. The maximum Gasteiger partial charge on any atom is 0.223 e. The van der Waals surface area contributed by atoms with E-state index in [0.29, 0.717) is 17.9 Å². The molecule has 6 nitrogen and oxygen atoms in total. The van der Waals surface area contributed by atoms with Crippen molar-refractivity contribution >= 4 is 15.7 Å². The van der Waals surface area contributed by atoms with E-state index < -0.39 is 9.84 Å². The van der Waals surface area contributed by atoms with Crippen molar-refractivity contribution in [3.05, 3.63) is 54.1 Å². The second-order valence-corrected chi connectivity index (χ2v) is 8.33. The molecule has 0 aliphatic carbocycles. The molecular weight excluding hydrogens is 366 g/mol. The molecule has 0 aromatic heterocycles. The van der Waals surface area contributed by atoms with E-state index >= 15 is 0 Å². The standard InChI is InChI=1S/C20H25NO5S/c1-15(13-16-7-5-4-6-8-16)20(22)21-11-12-27(23,24)17-9-10-18(25-2)19(14-17)26-3/h4-10,14-15H,11-13H2,1-3H3,(H,21,22). The molecule has 1 N–H and O–H groups in total. The maximum atomic E-state index is 12.5. The Balaban J connectivity index is 1.92. The van der Waals surface area contributed by atoms with Crippen LogP contribution in [-0.2, 0) is 21.1 Å². The molecule has 1 unspecified atom stereocenters. The summed E-state index contributed by atoms with van der Waals surface area (Å²) >= 11 is 0. The molecule has 2 aromatic rings. The van der Waals surface area contributed by atoms with Crippen molar-refractivity contribution in [2.75, 3.05) is 26.5 Å². The number of hydrogen-bond donors (Lipinski definition) is 1. The predicted octanol–water partition coefficient (Wildman–Crippen LogP) is 2.47. The first kappa shape index (κ1) is 20.8. The van der Waals surface area contributed by atoms with Gasteiger partial charge in [-0.15, -0.1) is 0 Å². The highest BCUT2D eigenvalue weighted by Crippen LogP contribution is 2.29. The van der Waals surface area contributed by atoms with Crippen molar-refractivity contribution in [1.82, 2.24) is 5.32 Å². The summed E-state index contributed by atoms with van der Waals surface area (Å²) in [5.74, 6) is 0.211. The Kier molecular flexibility index (Phi) is 7.24. The summed E-state index contributed by atoms with van der Waals surface area (Å²) in [5, 5.41) is 2.71. The lowest BCUT2D eigenvalue weighted by molar-refractivity contribution is -0.124. The van der Waals surface area contributed by atoms with Crippen LogP contribution in [0.3, 0.4) is 0 Å². The van der Waals surface area contributed by atoms with E-state index in [2.05, 4.69) is 5.32 Å². The minimum absolute atomic E-state index is 0.0502. The van der Waals surface area contributed by atoms with E-state index in [1.54, 1.807) is 6.07 Å². The highest BCUT2D eigenvalue weighted by molar-refractivity contribution is 7.91. The normalized spacial score (nSPS) is 12.3. The van der Waals surface area contributed by atoms with Gasteiger partial charge in [-0.25, -0.2) is 8.42 Å². The summed E-state index contributed by atoms with van der Waals surface area (Å²) in [7, 11) is -0.617. The average molecular weight is 391 g/mol. The Morgan fingerprint density at radius 2 is 1.70 bits per heavy atom. The zero-order valence-corrected chi connectivity index (χ0v) is 16.6. The van der Waals surface area contributed by atoms with Crippen molar-refractivity contribution in [2.45, 2.75) is 18.2 Å². The lowest BCUT2D eigenvalue weighted by atomic mass is 10.0. The number of carbonyl (C=O) groups excluding carboxylic acids is 1. The van der Waals surface area contributed by atoms with Gasteiger partial charge in [-0.05, 0) is 24.1 Å². The van der Waals surface area contributed by atoms with Crippen LogP contribution < -0.4 is 14.8 Å². The molecule has 0 radical (unpaired) electrons. The summed E-state index contributed by atoms with van der Waals surface area (Å²) in [6.07, 6.45) is 0.606. The van der Waals surface area contributed by atoms with Crippen LogP contribution in [0.1, 0.15) is 12.5 Å². The molecule has 0 spiro atoms. The summed E-state index contributed by atoms with van der Waals surface area (Å²) in [4.78, 5) is 12.3. The Hall–Kier alpha value is -2.54. The number of carbonyl (C=O) groups is 1. The molecule has 0 saturated carbocycles. The number of rotatable bonds is 9. The number of sulfone groups is 1. The minimum Gasteiger partial charge on any atom is -0.493 e. The largest absolute Gasteiger partial charge is 0.493 e. The van der Waals surface area contributed by atoms with Crippen LogP contribution in [0, 0.1) is 5.92 Å². The second kappa shape index (κ2) is 9.41. The van der Waals surface area contributed by atoms with Gasteiger partial charge in [0.15, 0.2) is 21.3 Å². The Morgan fingerprint density at radius 3 is 2.33 bits per heavy atom. The van der Waals surface area contributed by atoms with Crippen LogP contribution in [0.2, 0.25) is 0 Å². The molecule has 0 bridgehead atoms. The van der Waals surface area contributed by atoms with Crippen LogP contribution in [-0.4, -0.2) is 40.8 Å². The molecule has 146 valence electrons. The van der Waals surface area contributed by atoms with Gasteiger partial charge in [-0.2, -0.15) is 0 Å². The van der Waals surface area contributed by atoms with Crippen LogP contribution in [0.15, 0.2) is 53.4 Å². The van der Waals surface area contributed by atoms with E-state index in [1.807, 2.05) is 37.3 Å². The summed E-state index contributed by atoms with van der Waals surface area (Å²) in [6, 6.07) is 14.1. The number of hydrogen-bond acceptors (Lipinski definition) is 5. The van der Waals surface area contributed by atoms with E-state index in [4.69, 9.17) is 9.47 Å². The third-order valence-corrected chi connectivity index (χ3v) is 5.93. The fraction of sp³-hybridized carbons (Fsp3) is 0.350. The zero-order chi connectivity index (χ0) is 19.9. The zero-order valence-electron chi connectivity index (χ0n) is 15.8. The number of nitrogens with one attached hydrogen (secondary N) is 1. The average Bonchev–Trinajstić information content (AvgIpc) is 2.67. The number of methoxy groups -OCH3 is 2. The van der Waals surface area contributed by atoms with Gasteiger partial charge in [0.05, 0.1) is 24.9 Å². The van der Waals surface area contributed by atoms with Crippen molar-refractivity contribution in [3.63, 3.8) is 0 Å². The quantitative estimate of drug-likeness (QED) is 0.710. The molecule has 1 amide bonds. The molecule has 0 aliphatic heterocycles. The first-order chi connectivity index (χ1) is 12.9. The number of benzene rings is 2. The highest BCUT2D eigenvalue weighted by Gasteiger charge is 2.19. The van der Waals surface area contributed by atoms with Crippen molar-refractivity contribution in [2.24, 2.45) is 5.92 Å². The van der Waals surface area contributed by atoms with E-state index in [1.165, 1.54) is 26.4 Å². The van der Waals surface area contributed by atoms with Gasteiger partial charge in [0.2, 0.25) is 5.91 Å². The topological polar surface area (TPSA) is 81.7 Å². The Bertz CT molecular complexity index is 865. The van der Waals surface area contributed by atoms with Gasteiger partial charge in [-0.3, -0.25) is 4.79 Å². The van der Waals surface area contributed by atoms with Gasteiger partial charge in [0.25, 0.3) is 0 Å². The van der Waals surface area contributed by atoms with Crippen LogP contribution in [0.25, 0.3) is 0 Å². The van der Waals surface area contributed by atoms with Gasteiger partial charge in [0.1, 0.15) is 0 Å². The summed E-state index contributed by atoms with van der Waals surface area (Å²) < 4.78 is 35.2. The maximum absolute atomic E-state index is 12.5. The number of ether oxygens (including phenoxy) is 2. The molecule has 0 heterocycles. The fourth-order valence-electron chi connectivity index (χ4n) is 2.67. The van der Waals surface area contributed by atoms with E-state index in [-0.39, 0.29) is 29.0 Å². The van der Waals surface area contributed by atoms with Crippen molar-refractivity contribution in [3.8, 4) is 11.5 Å². The van der Waals surface area contributed by atoms with Crippen LogP contribution in [0.4, 0.5) is 0 Å². The van der Waals surface area contributed by atoms with E-state index in [9.17, 15) is 13.2 Å². The third-order valence-electron chi connectivity index (χ3n) is 4.22. The SMILES string of the molecule is COc1ccc(S(=O)(=O)CCNC(=O)C(C)Cc2ccccc2)cc1OC.